The van der Waals surface area contributed by atoms with E-state index >= 15 is 0 Å². The summed E-state index contributed by atoms with van der Waals surface area (Å²) in [6, 6.07) is 24.7. The van der Waals surface area contributed by atoms with Crippen molar-refractivity contribution < 1.29 is 24.2 Å². The van der Waals surface area contributed by atoms with Gasteiger partial charge in [-0.15, -0.1) is 0 Å². The Morgan fingerprint density at radius 2 is 1.62 bits per heavy atom. The molecular weight excluding hydrogens is 606 g/mol. The molecule has 0 aliphatic carbocycles. The second-order valence-electron chi connectivity index (χ2n) is 13.3. The van der Waals surface area contributed by atoms with E-state index in [0.29, 0.717) is 38.3 Å². The third-order valence-electron chi connectivity index (χ3n) is 8.81. The molecular formula is C38H51N5O5. The molecule has 258 valence electrons. The van der Waals surface area contributed by atoms with Gasteiger partial charge in [0, 0.05) is 51.3 Å². The average molecular weight is 658 g/mol. The van der Waals surface area contributed by atoms with E-state index in [0.717, 1.165) is 68.4 Å². The van der Waals surface area contributed by atoms with Crippen LogP contribution in [0.2, 0.25) is 0 Å². The quantitative estimate of drug-likeness (QED) is 0.136. The largest absolute Gasteiger partial charge is 0.508 e. The zero-order chi connectivity index (χ0) is 34.4. The van der Waals surface area contributed by atoms with Crippen molar-refractivity contribution in [1.29, 1.82) is 0 Å². The lowest BCUT2D eigenvalue weighted by Gasteiger charge is -2.31. The molecule has 0 spiro atoms. The summed E-state index contributed by atoms with van der Waals surface area (Å²) in [4.78, 5) is 41.6. The van der Waals surface area contributed by atoms with E-state index in [4.69, 9.17) is 10.5 Å². The molecule has 10 heteroatoms. The number of phenolic OH excluding ortho intramolecular Hbond substituents is 1. The summed E-state index contributed by atoms with van der Waals surface area (Å²) in [5.74, 6) is -0.0626. The molecule has 4 rings (SSSR count). The van der Waals surface area contributed by atoms with Crippen LogP contribution in [0.25, 0.3) is 11.1 Å². The first kappa shape index (κ1) is 36.4. The maximum absolute atomic E-state index is 12.7. The Hall–Kier alpha value is -4.41. The van der Waals surface area contributed by atoms with Gasteiger partial charge in [-0.25, -0.2) is 4.79 Å². The van der Waals surface area contributed by atoms with Crippen LogP contribution >= 0.6 is 0 Å². The maximum Gasteiger partial charge on any atom is 0.411 e. The third-order valence-corrected chi connectivity index (χ3v) is 8.81. The van der Waals surface area contributed by atoms with Crippen LogP contribution in [0.5, 0.6) is 5.75 Å². The van der Waals surface area contributed by atoms with Crippen molar-refractivity contribution in [3.05, 3.63) is 84.4 Å². The molecule has 48 heavy (non-hydrogen) atoms. The van der Waals surface area contributed by atoms with E-state index in [1.54, 1.807) is 12.1 Å². The Balaban J connectivity index is 1.08. The summed E-state index contributed by atoms with van der Waals surface area (Å²) in [5.41, 5.74) is 8.72. The summed E-state index contributed by atoms with van der Waals surface area (Å²) < 4.78 is 5.74. The molecule has 0 aromatic heterocycles. The molecule has 0 saturated carbocycles. The van der Waals surface area contributed by atoms with Gasteiger partial charge in [0.05, 0.1) is 11.1 Å². The number of hydrogen-bond donors (Lipinski definition) is 4. The highest BCUT2D eigenvalue weighted by molar-refractivity contribution is 5.91. The van der Waals surface area contributed by atoms with Crippen LogP contribution in [0.3, 0.4) is 0 Å². The Bertz CT molecular complexity index is 1460. The van der Waals surface area contributed by atoms with E-state index in [1.165, 1.54) is 0 Å². The summed E-state index contributed by atoms with van der Waals surface area (Å²) >= 11 is 0. The molecule has 10 nitrogen and oxygen atoms in total. The summed E-state index contributed by atoms with van der Waals surface area (Å²) in [7, 11) is 0. The number of aromatic hydroxyl groups is 1. The number of phenols is 1. The number of primary amides is 1. The number of ether oxygens (including phenoxy) is 1. The fourth-order valence-corrected chi connectivity index (χ4v) is 5.93. The molecule has 3 aromatic rings. The number of carbonyl (C=O) groups excluding carboxylic acids is 3. The lowest BCUT2D eigenvalue weighted by molar-refractivity contribution is -0.127. The molecule has 3 aromatic carbocycles. The number of unbranched alkanes of at least 4 members (excludes halogenated alkanes) is 2. The summed E-state index contributed by atoms with van der Waals surface area (Å²) in [6.07, 6.45) is 4.04. The Morgan fingerprint density at radius 1 is 0.938 bits per heavy atom. The first-order valence-corrected chi connectivity index (χ1v) is 17.0. The van der Waals surface area contributed by atoms with Crippen molar-refractivity contribution in [3.8, 4) is 16.9 Å². The number of amides is 3. The van der Waals surface area contributed by atoms with Gasteiger partial charge in [0.15, 0.2) is 0 Å². The SMILES string of the molecule is CC(C)(CN(CCCCCNC(=O)CCN1CCC(OC(=O)Nc2ccccc2-c2ccccc2)CC1)Cc1ccc(O)cc1)C(N)=O. The van der Waals surface area contributed by atoms with E-state index < -0.39 is 11.5 Å². The summed E-state index contributed by atoms with van der Waals surface area (Å²) in [5, 5.41) is 15.6. The Labute approximate surface area is 284 Å². The number of rotatable bonds is 17. The molecule has 5 N–H and O–H groups in total. The number of hydrogen-bond acceptors (Lipinski definition) is 7. The van der Waals surface area contributed by atoms with Crippen LogP contribution in [0, 0.1) is 5.41 Å². The Morgan fingerprint density at radius 3 is 2.33 bits per heavy atom. The van der Waals surface area contributed by atoms with Crippen LogP contribution in [-0.2, 0) is 20.9 Å². The topological polar surface area (TPSA) is 137 Å². The maximum atomic E-state index is 12.7. The second-order valence-corrected chi connectivity index (χ2v) is 13.3. The molecule has 0 atom stereocenters. The predicted octanol–water partition coefficient (Wildman–Crippen LogP) is 5.76. The van der Waals surface area contributed by atoms with Crippen LogP contribution in [0.4, 0.5) is 10.5 Å². The predicted molar refractivity (Wildman–Crippen MR) is 189 cm³/mol. The van der Waals surface area contributed by atoms with Crippen molar-refractivity contribution in [2.24, 2.45) is 11.1 Å². The van der Waals surface area contributed by atoms with Crippen molar-refractivity contribution in [2.45, 2.75) is 65.0 Å². The highest BCUT2D eigenvalue weighted by atomic mass is 16.6. The lowest BCUT2D eigenvalue weighted by Crippen LogP contribution is -2.42. The average Bonchev–Trinajstić information content (AvgIpc) is 3.07. The van der Waals surface area contributed by atoms with E-state index in [1.807, 2.05) is 80.6 Å². The molecule has 1 fully saturated rings. The molecule has 1 saturated heterocycles. The summed E-state index contributed by atoms with van der Waals surface area (Å²) in [6.45, 7) is 8.58. The van der Waals surface area contributed by atoms with E-state index in [2.05, 4.69) is 20.4 Å². The van der Waals surface area contributed by atoms with Gasteiger partial charge in [0.25, 0.3) is 0 Å². The van der Waals surface area contributed by atoms with Crippen LogP contribution in [0.15, 0.2) is 78.9 Å². The van der Waals surface area contributed by atoms with Gasteiger partial charge < -0.3 is 25.8 Å². The smallest absolute Gasteiger partial charge is 0.411 e. The van der Waals surface area contributed by atoms with Crippen LogP contribution in [0.1, 0.15) is 57.9 Å². The van der Waals surface area contributed by atoms with E-state index in [9.17, 15) is 19.5 Å². The zero-order valence-electron chi connectivity index (χ0n) is 28.3. The minimum atomic E-state index is -0.655. The highest BCUT2D eigenvalue weighted by Crippen LogP contribution is 2.28. The molecule has 0 unspecified atom stereocenters. The molecule has 1 aliphatic heterocycles. The normalized spacial score (nSPS) is 14.1. The molecule has 0 bridgehead atoms. The van der Waals surface area contributed by atoms with Crippen molar-refractivity contribution in [2.75, 3.05) is 44.6 Å². The number of nitrogens with zero attached hydrogens (tertiary/aromatic N) is 2. The number of para-hydroxylation sites is 1. The van der Waals surface area contributed by atoms with Crippen LogP contribution in [-0.4, -0.2) is 78.2 Å². The van der Waals surface area contributed by atoms with Crippen molar-refractivity contribution >= 4 is 23.6 Å². The third kappa shape index (κ3) is 12.0. The van der Waals surface area contributed by atoms with Gasteiger partial charge in [-0.3, -0.25) is 19.8 Å². The number of nitrogens with one attached hydrogen (secondary N) is 2. The van der Waals surface area contributed by atoms with Crippen LogP contribution < -0.4 is 16.4 Å². The fraction of sp³-hybridized carbons (Fsp3) is 0.447. The number of piperidine rings is 1. The van der Waals surface area contributed by atoms with Gasteiger partial charge in [0.1, 0.15) is 11.9 Å². The molecule has 1 heterocycles. The van der Waals surface area contributed by atoms with Crippen molar-refractivity contribution in [1.82, 2.24) is 15.1 Å². The van der Waals surface area contributed by atoms with Crippen molar-refractivity contribution in [3.63, 3.8) is 0 Å². The zero-order valence-corrected chi connectivity index (χ0v) is 28.3. The number of carbonyl (C=O) groups is 3. The first-order valence-electron chi connectivity index (χ1n) is 17.0. The highest BCUT2D eigenvalue weighted by Gasteiger charge is 2.28. The van der Waals surface area contributed by atoms with Gasteiger partial charge >= 0.3 is 6.09 Å². The van der Waals surface area contributed by atoms with Gasteiger partial charge in [-0.2, -0.15) is 0 Å². The Kier molecular flexibility index (Phi) is 13.8. The minimum Gasteiger partial charge on any atom is -0.508 e. The monoisotopic (exact) mass is 657 g/mol. The molecule has 3 amide bonds. The van der Waals surface area contributed by atoms with Gasteiger partial charge in [0.2, 0.25) is 11.8 Å². The second kappa shape index (κ2) is 18.2. The molecule has 1 aliphatic rings. The number of nitrogens with two attached hydrogens (primary N) is 1. The first-order chi connectivity index (χ1) is 23.1. The van der Waals surface area contributed by atoms with Gasteiger partial charge in [-0.1, -0.05) is 67.1 Å². The number of anilines is 1. The molecule has 0 radical (unpaired) electrons. The minimum absolute atomic E-state index is 0.0435. The number of likely N-dealkylation sites (tertiary alicyclic amines) is 1. The van der Waals surface area contributed by atoms with E-state index in [-0.39, 0.29) is 23.7 Å². The fourth-order valence-electron chi connectivity index (χ4n) is 5.93. The number of benzene rings is 3. The standard InChI is InChI=1S/C38H51N5O5/c1-38(2,36(39)46)28-43(27-29-15-17-31(44)18-16-29)23-10-4-9-22-40-35(45)21-26-42-24-19-32(20-25-42)48-37(47)41-34-14-8-7-13-33(34)30-11-5-3-6-12-30/h3,5-8,11-18,32,44H,4,9-10,19-28H2,1-2H3,(H2,39,46)(H,40,45)(H,41,47). The van der Waals surface area contributed by atoms with Gasteiger partial charge in [-0.05, 0) is 75.4 Å². The lowest BCUT2D eigenvalue weighted by atomic mass is 9.91.